The van der Waals surface area contributed by atoms with Gasteiger partial charge in [0.15, 0.2) is 0 Å². The van der Waals surface area contributed by atoms with E-state index in [4.69, 9.17) is 16.3 Å². The molecule has 3 fully saturated rings. The van der Waals surface area contributed by atoms with Crippen molar-refractivity contribution in [2.45, 2.75) is 24.4 Å². The minimum absolute atomic E-state index is 0.252. The summed E-state index contributed by atoms with van der Waals surface area (Å²) < 4.78 is 19.7. The molecule has 2 aromatic rings. The summed E-state index contributed by atoms with van der Waals surface area (Å²) in [5.41, 5.74) is -0.275. The van der Waals surface area contributed by atoms with Gasteiger partial charge < -0.3 is 10.1 Å². The third-order valence-corrected chi connectivity index (χ3v) is 7.57. The molecule has 0 saturated carbocycles. The molecule has 4 unspecified atom stereocenters. The van der Waals surface area contributed by atoms with E-state index in [0.717, 1.165) is 11.3 Å². The van der Waals surface area contributed by atoms with E-state index in [-0.39, 0.29) is 17.6 Å². The van der Waals surface area contributed by atoms with Crippen LogP contribution in [0, 0.1) is 17.7 Å². The molecule has 7 nitrogen and oxygen atoms in total. The van der Waals surface area contributed by atoms with E-state index in [0.29, 0.717) is 35.0 Å². The van der Waals surface area contributed by atoms with Gasteiger partial charge in [0.1, 0.15) is 17.1 Å². The predicted molar refractivity (Wildman–Crippen MR) is 114 cm³/mol. The standard InChI is InChI=1S/C23H19ClFN3O4/c1-32-17-7-4-11(24)9-16(17)28-20(29)18-15-3-2-8-27(15)23(19(18)21(28)30)13-10-12(25)5-6-14(13)26-22(23)31/h4-7,9-10,15,18-19H,2-3,8H2,1H3,(H,26,31). The lowest BCUT2D eigenvalue weighted by Crippen LogP contribution is -2.54. The molecule has 1 spiro atoms. The van der Waals surface area contributed by atoms with Gasteiger partial charge in [0.05, 0.1) is 24.6 Å². The molecular formula is C23H19ClFN3O4. The van der Waals surface area contributed by atoms with Crippen LogP contribution in [0.4, 0.5) is 15.8 Å². The monoisotopic (exact) mass is 455 g/mol. The zero-order valence-electron chi connectivity index (χ0n) is 17.1. The number of methoxy groups -OCH3 is 1. The van der Waals surface area contributed by atoms with Crippen molar-refractivity contribution >= 4 is 40.7 Å². The highest BCUT2D eigenvalue weighted by Crippen LogP contribution is 2.61. The van der Waals surface area contributed by atoms with Crippen molar-refractivity contribution in [2.75, 3.05) is 23.9 Å². The second kappa shape index (κ2) is 6.52. The molecule has 6 rings (SSSR count). The maximum atomic E-state index is 14.3. The summed E-state index contributed by atoms with van der Waals surface area (Å²) in [5, 5.41) is 3.18. The van der Waals surface area contributed by atoms with Crippen molar-refractivity contribution in [3.63, 3.8) is 0 Å². The molecule has 2 aromatic carbocycles. The number of hydrogen-bond acceptors (Lipinski definition) is 5. The van der Waals surface area contributed by atoms with Gasteiger partial charge in [-0.2, -0.15) is 0 Å². The molecule has 0 aliphatic carbocycles. The van der Waals surface area contributed by atoms with Gasteiger partial charge in [-0.3, -0.25) is 19.3 Å². The van der Waals surface area contributed by atoms with Crippen LogP contribution in [-0.2, 0) is 19.9 Å². The summed E-state index contributed by atoms with van der Waals surface area (Å²) >= 11 is 6.17. The molecule has 1 N–H and O–H groups in total. The maximum Gasteiger partial charge on any atom is 0.250 e. The zero-order valence-corrected chi connectivity index (χ0v) is 17.9. The highest BCUT2D eigenvalue weighted by atomic mass is 35.5. The van der Waals surface area contributed by atoms with Crippen molar-refractivity contribution in [1.29, 1.82) is 0 Å². The van der Waals surface area contributed by atoms with E-state index in [1.54, 1.807) is 12.1 Å². The summed E-state index contributed by atoms with van der Waals surface area (Å²) in [5.74, 6) is -3.12. The molecule has 32 heavy (non-hydrogen) atoms. The van der Waals surface area contributed by atoms with Crippen molar-refractivity contribution in [1.82, 2.24) is 4.90 Å². The van der Waals surface area contributed by atoms with Gasteiger partial charge >= 0.3 is 0 Å². The van der Waals surface area contributed by atoms with Gasteiger partial charge in [0.2, 0.25) is 17.7 Å². The first-order chi connectivity index (χ1) is 15.4. The number of anilines is 2. The van der Waals surface area contributed by atoms with Gasteiger partial charge in [-0.05, 0) is 55.8 Å². The van der Waals surface area contributed by atoms with Crippen molar-refractivity contribution < 1.29 is 23.5 Å². The largest absolute Gasteiger partial charge is 0.495 e. The molecule has 0 bridgehead atoms. The Morgan fingerprint density at radius 2 is 1.97 bits per heavy atom. The van der Waals surface area contributed by atoms with E-state index >= 15 is 0 Å². The third-order valence-electron chi connectivity index (χ3n) is 7.34. The van der Waals surface area contributed by atoms with Crippen LogP contribution >= 0.6 is 11.6 Å². The third kappa shape index (κ3) is 2.21. The molecule has 4 aliphatic heterocycles. The van der Waals surface area contributed by atoms with Crippen molar-refractivity contribution in [3.05, 3.63) is 52.8 Å². The first-order valence-electron chi connectivity index (χ1n) is 10.5. The fourth-order valence-electron chi connectivity index (χ4n) is 6.25. The topological polar surface area (TPSA) is 79.0 Å². The number of halogens is 2. The lowest BCUT2D eigenvalue weighted by atomic mass is 9.75. The lowest BCUT2D eigenvalue weighted by molar-refractivity contribution is -0.135. The summed E-state index contributed by atoms with van der Waals surface area (Å²) in [6.07, 6.45) is 1.47. The maximum absolute atomic E-state index is 14.3. The average Bonchev–Trinajstić information content (AvgIpc) is 3.46. The van der Waals surface area contributed by atoms with Gasteiger partial charge in [-0.15, -0.1) is 0 Å². The quantitative estimate of drug-likeness (QED) is 0.704. The zero-order chi connectivity index (χ0) is 22.4. The molecule has 4 aliphatic rings. The Balaban J connectivity index is 1.57. The highest BCUT2D eigenvalue weighted by molar-refractivity contribution is 6.32. The normalized spacial score (nSPS) is 30.7. The molecule has 4 atom stereocenters. The van der Waals surface area contributed by atoms with Crippen LogP contribution in [0.3, 0.4) is 0 Å². The number of fused-ring (bicyclic) bond motifs is 7. The Kier molecular flexibility index (Phi) is 4.02. The molecule has 0 radical (unpaired) electrons. The highest BCUT2D eigenvalue weighted by Gasteiger charge is 2.74. The van der Waals surface area contributed by atoms with Gasteiger partial charge in [0.25, 0.3) is 0 Å². The number of ether oxygens (including phenoxy) is 1. The Morgan fingerprint density at radius 3 is 2.75 bits per heavy atom. The number of carbonyl (C=O) groups excluding carboxylic acids is 3. The molecule has 0 aromatic heterocycles. The van der Waals surface area contributed by atoms with Crippen LogP contribution in [0.1, 0.15) is 18.4 Å². The van der Waals surface area contributed by atoms with Crippen LogP contribution in [0.15, 0.2) is 36.4 Å². The van der Waals surface area contributed by atoms with Crippen LogP contribution in [-0.4, -0.2) is 42.3 Å². The number of nitrogens with one attached hydrogen (secondary N) is 1. The van der Waals surface area contributed by atoms with Gasteiger partial charge in [-0.1, -0.05) is 11.6 Å². The van der Waals surface area contributed by atoms with Crippen LogP contribution < -0.4 is 15.0 Å². The number of hydrogen-bond donors (Lipinski definition) is 1. The molecule has 164 valence electrons. The van der Waals surface area contributed by atoms with Crippen LogP contribution in [0.5, 0.6) is 5.75 Å². The van der Waals surface area contributed by atoms with Gasteiger partial charge in [-0.25, -0.2) is 9.29 Å². The van der Waals surface area contributed by atoms with Crippen LogP contribution in [0.2, 0.25) is 5.02 Å². The van der Waals surface area contributed by atoms with E-state index < -0.39 is 35.0 Å². The Morgan fingerprint density at radius 1 is 1.16 bits per heavy atom. The second-order valence-electron chi connectivity index (χ2n) is 8.64. The number of rotatable bonds is 2. The first-order valence-corrected chi connectivity index (χ1v) is 10.9. The first kappa shape index (κ1) is 19.7. The predicted octanol–water partition coefficient (Wildman–Crippen LogP) is 2.92. The summed E-state index contributed by atoms with van der Waals surface area (Å²) in [6, 6.07) is 8.53. The Labute approximate surface area is 188 Å². The molecule has 3 saturated heterocycles. The van der Waals surface area contributed by atoms with E-state index in [2.05, 4.69) is 5.32 Å². The number of carbonyl (C=O) groups is 3. The van der Waals surface area contributed by atoms with E-state index in [1.807, 2.05) is 4.90 Å². The number of amides is 3. The minimum Gasteiger partial charge on any atom is -0.495 e. The summed E-state index contributed by atoms with van der Waals surface area (Å²) in [7, 11) is 1.45. The smallest absolute Gasteiger partial charge is 0.250 e. The van der Waals surface area contributed by atoms with E-state index in [1.165, 1.54) is 31.4 Å². The molecule has 9 heteroatoms. The molecule has 3 amide bonds. The minimum atomic E-state index is -1.42. The van der Waals surface area contributed by atoms with Crippen LogP contribution in [0.25, 0.3) is 0 Å². The fourth-order valence-corrected chi connectivity index (χ4v) is 6.42. The summed E-state index contributed by atoms with van der Waals surface area (Å²) in [4.78, 5) is 44.2. The number of nitrogens with zero attached hydrogens (tertiary/aromatic N) is 2. The molecular weight excluding hydrogens is 437 g/mol. The second-order valence-corrected chi connectivity index (χ2v) is 9.08. The fraction of sp³-hybridized carbons (Fsp3) is 0.348. The Bertz CT molecular complexity index is 1220. The molecule has 4 heterocycles. The number of imide groups is 1. The van der Waals surface area contributed by atoms with E-state index in [9.17, 15) is 18.8 Å². The Hall–Kier alpha value is -2.97. The number of benzene rings is 2. The van der Waals surface area contributed by atoms with Gasteiger partial charge in [0, 0.05) is 22.3 Å². The average molecular weight is 456 g/mol. The van der Waals surface area contributed by atoms with Crippen molar-refractivity contribution in [3.8, 4) is 5.75 Å². The summed E-state index contributed by atoms with van der Waals surface area (Å²) in [6.45, 7) is 0.558. The van der Waals surface area contributed by atoms with Crippen molar-refractivity contribution in [2.24, 2.45) is 11.8 Å². The lowest BCUT2D eigenvalue weighted by Gasteiger charge is -2.36. The SMILES string of the molecule is COc1ccc(Cl)cc1N1C(=O)C2C3CCCN3C3(C(=O)Nc4ccc(F)cc43)C2C1=O.